The van der Waals surface area contributed by atoms with Crippen LogP contribution in [0.3, 0.4) is 0 Å². The smallest absolute Gasteiger partial charge is 0.255 e. The fourth-order valence-corrected chi connectivity index (χ4v) is 2.28. The maximum Gasteiger partial charge on any atom is 0.255 e. The summed E-state index contributed by atoms with van der Waals surface area (Å²) in [4.78, 5) is 11.5. The zero-order chi connectivity index (χ0) is 9.71. The minimum atomic E-state index is -0.116. The quantitative estimate of drug-likeness (QED) is 0.661. The molecule has 0 spiro atoms. The topological polar surface area (TPSA) is 66.0 Å². The fraction of sp³-hybridized carbons (Fsp3) is 0.400. The van der Waals surface area contributed by atoms with E-state index < -0.39 is 0 Å². The number of hydrogen-bond donors (Lipinski definition) is 1. The first-order valence-corrected chi connectivity index (χ1v) is 4.59. The molecule has 1 aliphatic heterocycles. The third-order valence-electron chi connectivity index (χ3n) is 3.12. The van der Waals surface area contributed by atoms with Gasteiger partial charge in [-0.05, 0) is 12.5 Å². The third kappa shape index (κ3) is 0.746. The predicted octanol–water partition coefficient (Wildman–Crippen LogP) is 1.02. The number of furan rings is 1. The number of fused-ring (bicyclic) bond motifs is 3. The van der Waals surface area contributed by atoms with E-state index in [1.54, 1.807) is 6.07 Å². The molecule has 1 aliphatic carbocycles. The van der Waals surface area contributed by atoms with Crippen LogP contribution in [0.4, 0.5) is 0 Å². The second-order valence-electron chi connectivity index (χ2n) is 3.78. The number of nitriles is 1. The minimum absolute atomic E-state index is 0.0360. The first kappa shape index (κ1) is 7.63. The van der Waals surface area contributed by atoms with Gasteiger partial charge in [-0.3, -0.25) is 4.79 Å². The first-order valence-electron chi connectivity index (χ1n) is 4.59. The van der Waals surface area contributed by atoms with E-state index >= 15 is 0 Å². The van der Waals surface area contributed by atoms with Crippen molar-refractivity contribution >= 4 is 5.91 Å². The van der Waals surface area contributed by atoms with Crippen molar-refractivity contribution in [1.82, 2.24) is 5.32 Å². The average molecular weight is 188 g/mol. The van der Waals surface area contributed by atoms with Crippen molar-refractivity contribution < 1.29 is 9.21 Å². The summed E-state index contributed by atoms with van der Waals surface area (Å²) in [5.41, 5.74) is 0.627. The van der Waals surface area contributed by atoms with Gasteiger partial charge in [0, 0.05) is 5.92 Å². The zero-order valence-electron chi connectivity index (χ0n) is 7.36. The Hall–Kier alpha value is -1.76. The highest BCUT2D eigenvalue weighted by molar-refractivity contribution is 5.97. The number of nitrogens with zero attached hydrogens (tertiary/aromatic N) is 1. The summed E-state index contributed by atoms with van der Waals surface area (Å²) in [6.07, 6.45) is 2.33. The molecule has 1 N–H and O–H groups in total. The van der Waals surface area contributed by atoms with E-state index in [4.69, 9.17) is 9.68 Å². The Balaban J connectivity index is 2.02. The van der Waals surface area contributed by atoms with Crippen molar-refractivity contribution in [3.63, 3.8) is 0 Å². The molecule has 2 aliphatic rings. The molecule has 4 heteroatoms. The Kier molecular flexibility index (Phi) is 1.30. The van der Waals surface area contributed by atoms with Crippen LogP contribution in [0.25, 0.3) is 0 Å². The zero-order valence-corrected chi connectivity index (χ0v) is 7.36. The van der Waals surface area contributed by atoms with Crippen LogP contribution in [-0.2, 0) is 0 Å². The molecule has 0 bridgehead atoms. The predicted molar refractivity (Wildman–Crippen MR) is 46.4 cm³/mol. The molecule has 1 fully saturated rings. The second-order valence-corrected chi connectivity index (χ2v) is 3.78. The number of rotatable bonds is 0. The van der Waals surface area contributed by atoms with E-state index in [2.05, 4.69) is 11.4 Å². The first-order chi connectivity index (χ1) is 6.81. The van der Waals surface area contributed by atoms with Gasteiger partial charge in [0.25, 0.3) is 5.91 Å². The van der Waals surface area contributed by atoms with Gasteiger partial charge < -0.3 is 9.73 Å². The molecule has 1 saturated carbocycles. The van der Waals surface area contributed by atoms with Gasteiger partial charge in [0.15, 0.2) is 0 Å². The lowest BCUT2D eigenvalue weighted by Gasteiger charge is -2.43. The molecular formula is C10H8N2O2. The summed E-state index contributed by atoms with van der Waals surface area (Å²) >= 11 is 0. The maximum absolute atomic E-state index is 11.5. The van der Waals surface area contributed by atoms with Crippen molar-refractivity contribution in [2.45, 2.75) is 18.4 Å². The lowest BCUT2D eigenvalue weighted by molar-refractivity contribution is 0.0819. The largest absolute Gasteiger partial charge is 0.468 e. The standard InChI is InChI=1S/C10H8N2O2/c11-4-5-3-7-8(5)12-10(13)6-1-2-14-9(6)7/h1-2,5,7-8H,3H2,(H,12,13). The molecule has 1 aromatic rings. The summed E-state index contributed by atoms with van der Waals surface area (Å²) in [5, 5.41) is 11.6. The third-order valence-corrected chi connectivity index (χ3v) is 3.12. The van der Waals surface area contributed by atoms with Gasteiger partial charge in [-0.2, -0.15) is 5.26 Å². The molecule has 2 heterocycles. The van der Waals surface area contributed by atoms with Gasteiger partial charge in [-0.15, -0.1) is 0 Å². The Morgan fingerprint density at radius 3 is 3.29 bits per heavy atom. The SMILES string of the molecule is N#CC1CC2c3occc3C(=O)NC12. The minimum Gasteiger partial charge on any atom is -0.468 e. The Morgan fingerprint density at radius 1 is 1.64 bits per heavy atom. The number of amides is 1. The Labute approximate surface area is 80.5 Å². The number of nitrogens with one attached hydrogen (secondary N) is 1. The molecule has 1 aromatic heterocycles. The highest BCUT2D eigenvalue weighted by atomic mass is 16.3. The van der Waals surface area contributed by atoms with Gasteiger partial charge in [0.05, 0.1) is 29.9 Å². The van der Waals surface area contributed by atoms with Gasteiger partial charge in [-0.1, -0.05) is 0 Å². The molecule has 4 nitrogen and oxygen atoms in total. The average Bonchev–Trinajstić information content (AvgIpc) is 2.60. The van der Waals surface area contributed by atoms with Crippen molar-refractivity contribution in [3.8, 4) is 6.07 Å². The lowest BCUT2D eigenvalue weighted by atomic mass is 9.67. The maximum atomic E-state index is 11.5. The molecule has 0 aromatic carbocycles. The molecule has 1 amide bonds. The van der Waals surface area contributed by atoms with Gasteiger partial charge in [-0.25, -0.2) is 0 Å². The van der Waals surface area contributed by atoms with Crippen LogP contribution in [0.5, 0.6) is 0 Å². The molecular weight excluding hydrogens is 180 g/mol. The van der Waals surface area contributed by atoms with E-state index in [0.29, 0.717) is 5.56 Å². The van der Waals surface area contributed by atoms with Crippen molar-refractivity contribution in [2.75, 3.05) is 0 Å². The molecule has 0 saturated heterocycles. The van der Waals surface area contributed by atoms with Gasteiger partial charge in [0.2, 0.25) is 0 Å². The summed E-state index contributed by atoms with van der Waals surface area (Å²) in [5.74, 6) is 0.796. The number of hydrogen-bond acceptors (Lipinski definition) is 3. The molecule has 3 unspecified atom stereocenters. The Morgan fingerprint density at radius 2 is 2.50 bits per heavy atom. The van der Waals surface area contributed by atoms with Crippen molar-refractivity contribution in [1.29, 1.82) is 5.26 Å². The van der Waals surface area contributed by atoms with Crippen molar-refractivity contribution in [3.05, 3.63) is 23.7 Å². The number of carbonyl (C=O) groups is 1. The van der Waals surface area contributed by atoms with Crippen LogP contribution in [0.15, 0.2) is 16.7 Å². The monoisotopic (exact) mass is 188 g/mol. The number of carbonyl (C=O) groups excluding carboxylic acids is 1. The summed E-state index contributed by atoms with van der Waals surface area (Å²) in [7, 11) is 0. The van der Waals surface area contributed by atoms with Crippen LogP contribution in [0, 0.1) is 17.2 Å². The molecule has 70 valence electrons. The summed E-state index contributed by atoms with van der Waals surface area (Å²) in [6, 6.07) is 3.83. The van der Waals surface area contributed by atoms with Crippen LogP contribution in [0.1, 0.15) is 28.5 Å². The van der Waals surface area contributed by atoms with Crippen LogP contribution in [-0.4, -0.2) is 11.9 Å². The Bertz CT molecular complexity index is 443. The van der Waals surface area contributed by atoms with E-state index in [1.807, 2.05) is 0 Å². The van der Waals surface area contributed by atoms with Gasteiger partial charge >= 0.3 is 0 Å². The highest BCUT2D eigenvalue weighted by Gasteiger charge is 2.49. The summed E-state index contributed by atoms with van der Waals surface area (Å²) in [6.45, 7) is 0. The molecule has 3 atom stereocenters. The van der Waals surface area contributed by atoms with E-state index in [0.717, 1.165) is 12.2 Å². The fourth-order valence-electron chi connectivity index (χ4n) is 2.28. The van der Waals surface area contributed by atoms with Crippen LogP contribution < -0.4 is 5.32 Å². The molecule has 14 heavy (non-hydrogen) atoms. The van der Waals surface area contributed by atoms with E-state index in [1.165, 1.54) is 6.26 Å². The van der Waals surface area contributed by atoms with Crippen molar-refractivity contribution in [2.24, 2.45) is 5.92 Å². The lowest BCUT2D eigenvalue weighted by Crippen LogP contribution is -2.55. The molecule has 0 radical (unpaired) electrons. The normalized spacial score (nSPS) is 33.4. The van der Waals surface area contributed by atoms with Crippen LogP contribution in [0.2, 0.25) is 0 Å². The van der Waals surface area contributed by atoms with E-state index in [9.17, 15) is 4.79 Å². The highest BCUT2D eigenvalue weighted by Crippen LogP contribution is 2.45. The van der Waals surface area contributed by atoms with Crippen LogP contribution >= 0.6 is 0 Å². The summed E-state index contributed by atoms with van der Waals surface area (Å²) < 4.78 is 5.28. The van der Waals surface area contributed by atoms with Gasteiger partial charge in [0.1, 0.15) is 5.76 Å². The second kappa shape index (κ2) is 2.38. The molecule has 3 rings (SSSR count). The van der Waals surface area contributed by atoms with E-state index in [-0.39, 0.29) is 23.8 Å².